The zero-order valence-electron chi connectivity index (χ0n) is 9.77. The molecule has 1 aromatic carbocycles. The molecule has 0 bridgehead atoms. The molecule has 2 aromatic rings. The van der Waals surface area contributed by atoms with Crippen molar-refractivity contribution in [3.05, 3.63) is 53.6 Å². The predicted octanol–water partition coefficient (Wildman–Crippen LogP) is 2.61. The second kappa shape index (κ2) is 4.83. The maximum Gasteiger partial charge on any atom is 0.168 e. The normalized spacial score (nSPS) is 10.1. The molecule has 0 aliphatic rings. The number of pyridine rings is 1. The highest BCUT2D eigenvalue weighted by Crippen LogP contribution is 2.27. The van der Waals surface area contributed by atoms with Crippen molar-refractivity contribution in [2.45, 2.75) is 6.92 Å². The molecule has 0 aliphatic carbocycles. The minimum Gasteiger partial charge on any atom is -0.452 e. The van der Waals surface area contributed by atoms with Crippen molar-refractivity contribution in [2.24, 2.45) is 5.73 Å². The van der Waals surface area contributed by atoms with E-state index in [-0.39, 0.29) is 23.0 Å². The minimum atomic E-state index is -0.434. The number of ether oxygens (including phenoxy) is 1. The van der Waals surface area contributed by atoms with Gasteiger partial charge in [0.2, 0.25) is 0 Å². The summed E-state index contributed by atoms with van der Waals surface area (Å²) in [5.41, 5.74) is 6.06. The van der Waals surface area contributed by atoms with Gasteiger partial charge in [0.1, 0.15) is 11.5 Å². The van der Waals surface area contributed by atoms with Gasteiger partial charge in [0, 0.05) is 6.20 Å². The van der Waals surface area contributed by atoms with Gasteiger partial charge in [-0.25, -0.2) is 9.37 Å². The number of nitrogen functional groups attached to an aromatic ring is 1. The number of nitrogens with two attached hydrogens (primary N) is 1. The summed E-state index contributed by atoms with van der Waals surface area (Å²) in [7, 11) is 0. The van der Waals surface area contributed by atoms with Gasteiger partial charge in [0.05, 0.1) is 0 Å². The summed E-state index contributed by atoms with van der Waals surface area (Å²) in [6.07, 6.45) is 1.50. The Morgan fingerprint density at radius 3 is 2.72 bits per heavy atom. The molecule has 5 heteroatoms. The molecule has 1 aromatic heterocycles. The van der Waals surface area contributed by atoms with Gasteiger partial charge in [-0.1, -0.05) is 12.1 Å². The molecule has 0 saturated carbocycles. The molecule has 92 valence electrons. The molecule has 18 heavy (non-hydrogen) atoms. The van der Waals surface area contributed by atoms with Crippen LogP contribution in [0.5, 0.6) is 11.5 Å². The third-order valence-electron chi connectivity index (χ3n) is 2.40. The fraction of sp³-hybridized carbons (Fsp3) is 0.0769. The van der Waals surface area contributed by atoms with Crippen molar-refractivity contribution in [2.75, 3.05) is 0 Å². The summed E-state index contributed by atoms with van der Waals surface area (Å²) in [6, 6.07) is 8.08. The number of benzene rings is 1. The Balaban J connectivity index is 2.40. The number of aromatic nitrogens is 1. The number of hydrogen-bond acceptors (Lipinski definition) is 3. The molecule has 0 atom stereocenters. The van der Waals surface area contributed by atoms with Gasteiger partial charge in [-0.2, -0.15) is 0 Å². The van der Waals surface area contributed by atoms with Gasteiger partial charge in [-0.3, -0.25) is 5.41 Å². The average molecular weight is 245 g/mol. The van der Waals surface area contributed by atoms with Crippen LogP contribution < -0.4 is 10.5 Å². The van der Waals surface area contributed by atoms with Crippen LogP contribution in [0.2, 0.25) is 0 Å². The van der Waals surface area contributed by atoms with Crippen LogP contribution in [-0.4, -0.2) is 10.8 Å². The van der Waals surface area contributed by atoms with Crippen LogP contribution in [0.15, 0.2) is 36.5 Å². The summed E-state index contributed by atoms with van der Waals surface area (Å²) >= 11 is 0. The van der Waals surface area contributed by atoms with Crippen molar-refractivity contribution in [1.29, 1.82) is 5.41 Å². The first-order valence-corrected chi connectivity index (χ1v) is 5.32. The molecule has 0 aliphatic heterocycles. The second-order valence-electron chi connectivity index (χ2n) is 3.75. The van der Waals surface area contributed by atoms with Crippen LogP contribution in [0, 0.1) is 18.2 Å². The van der Waals surface area contributed by atoms with E-state index in [1.807, 2.05) is 0 Å². The van der Waals surface area contributed by atoms with E-state index in [2.05, 4.69) is 4.98 Å². The molecular weight excluding hydrogens is 233 g/mol. The molecule has 0 spiro atoms. The smallest absolute Gasteiger partial charge is 0.168 e. The van der Waals surface area contributed by atoms with Gasteiger partial charge in [-0.15, -0.1) is 0 Å². The number of hydrogen-bond donors (Lipinski definition) is 2. The summed E-state index contributed by atoms with van der Waals surface area (Å²) in [4.78, 5) is 3.93. The highest BCUT2D eigenvalue weighted by Gasteiger charge is 2.12. The quantitative estimate of drug-likeness (QED) is 0.645. The monoisotopic (exact) mass is 245 g/mol. The maximum absolute atomic E-state index is 13.8. The summed E-state index contributed by atoms with van der Waals surface area (Å²) in [5, 5.41) is 7.38. The van der Waals surface area contributed by atoms with Gasteiger partial charge in [-0.05, 0) is 30.7 Å². The van der Waals surface area contributed by atoms with Crippen molar-refractivity contribution >= 4 is 5.84 Å². The van der Waals surface area contributed by atoms with Crippen LogP contribution in [0.1, 0.15) is 11.3 Å². The fourth-order valence-electron chi connectivity index (χ4n) is 1.49. The lowest BCUT2D eigenvalue weighted by Gasteiger charge is -2.10. The third-order valence-corrected chi connectivity index (χ3v) is 2.40. The summed E-state index contributed by atoms with van der Waals surface area (Å²) in [6.45, 7) is 1.65. The van der Waals surface area contributed by atoms with Crippen molar-refractivity contribution in [3.63, 3.8) is 0 Å². The molecule has 0 fully saturated rings. The number of rotatable bonds is 3. The van der Waals surface area contributed by atoms with Crippen LogP contribution in [-0.2, 0) is 0 Å². The Morgan fingerprint density at radius 1 is 1.28 bits per heavy atom. The average Bonchev–Trinajstić information content (AvgIpc) is 2.35. The first-order chi connectivity index (χ1) is 8.59. The van der Waals surface area contributed by atoms with Gasteiger partial charge >= 0.3 is 0 Å². The van der Waals surface area contributed by atoms with Gasteiger partial charge in [0.15, 0.2) is 17.3 Å². The lowest BCUT2D eigenvalue weighted by molar-refractivity contribution is 0.437. The maximum atomic E-state index is 13.8. The van der Waals surface area contributed by atoms with E-state index >= 15 is 0 Å². The predicted molar refractivity (Wildman–Crippen MR) is 66.5 cm³/mol. The molecule has 4 nitrogen and oxygen atoms in total. The largest absolute Gasteiger partial charge is 0.452 e. The van der Waals surface area contributed by atoms with Crippen LogP contribution in [0.3, 0.4) is 0 Å². The molecule has 2 rings (SSSR count). The van der Waals surface area contributed by atoms with Crippen molar-refractivity contribution in [3.8, 4) is 11.5 Å². The van der Waals surface area contributed by atoms with Gasteiger partial charge < -0.3 is 10.5 Å². The summed E-state index contributed by atoms with van der Waals surface area (Å²) < 4.78 is 19.2. The molecular formula is C13H12FN3O. The number of nitrogens with one attached hydrogen (secondary N) is 1. The van der Waals surface area contributed by atoms with Crippen LogP contribution >= 0.6 is 0 Å². The molecule has 1 heterocycles. The first kappa shape index (κ1) is 12.0. The number of halogens is 1. The van der Waals surface area contributed by atoms with E-state index in [4.69, 9.17) is 15.9 Å². The van der Waals surface area contributed by atoms with Crippen LogP contribution in [0.4, 0.5) is 4.39 Å². The number of nitrogens with zero attached hydrogens (tertiary/aromatic N) is 1. The Labute approximate surface area is 104 Å². The van der Waals surface area contributed by atoms with E-state index in [1.165, 1.54) is 12.3 Å². The Morgan fingerprint density at radius 2 is 2.00 bits per heavy atom. The van der Waals surface area contributed by atoms with E-state index < -0.39 is 5.82 Å². The highest BCUT2D eigenvalue weighted by molar-refractivity contribution is 5.95. The first-order valence-electron chi connectivity index (χ1n) is 5.32. The minimum absolute atomic E-state index is 0.0884. The molecule has 0 saturated heterocycles. The highest BCUT2D eigenvalue weighted by atomic mass is 19.1. The van der Waals surface area contributed by atoms with E-state index in [0.717, 1.165) is 0 Å². The van der Waals surface area contributed by atoms with E-state index in [9.17, 15) is 4.39 Å². The Hall–Kier alpha value is -2.43. The SMILES string of the molecule is Cc1cccc(Oc2cccnc2C(=N)N)c1F. The van der Waals surface area contributed by atoms with Crippen molar-refractivity contribution in [1.82, 2.24) is 4.98 Å². The third kappa shape index (κ3) is 2.29. The fourth-order valence-corrected chi connectivity index (χ4v) is 1.49. The Kier molecular flexibility index (Phi) is 3.23. The van der Waals surface area contributed by atoms with Crippen molar-refractivity contribution < 1.29 is 9.13 Å². The zero-order valence-corrected chi connectivity index (χ0v) is 9.77. The standard InChI is InChI=1S/C13H12FN3O/c1-8-4-2-5-9(11(8)14)18-10-6-3-7-17-12(10)13(15)16/h2-7H,1H3,(H3,15,16). The van der Waals surface area contributed by atoms with Crippen LogP contribution in [0.25, 0.3) is 0 Å². The zero-order chi connectivity index (χ0) is 13.1. The topological polar surface area (TPSA) is 72.0 Å². The molecule has 0 amide bonds. The molecule has 3 N–H and O–H groups in total. The lowest BCUT2D eigenvalue weighted by Crippen LogP contribution is -2.14. The van der Waals surface area contributed by atoms with E-state index in [0.29, 0.717) is 5.56 Å². The summed E-state index contributed by atoms with van der Waals surface area (Å²) in [5.74, 6) is -0.311. The molecule has 0 unspecified atom stereocenters. The molecule has 0 radical (unpaired) electrons. The van der Waals surface area contributed by atoms with Gasteiger partial charge in [0.25, 0.3) is 0 Å². The number of aryl methyl sites for hydroxylation is 1. The number of amidine groups is 1. The lowest BCUT2D eigenvalue weighted by atomic mass is 10.2. The van der Waals surface area contributed by atoms with E-state index in [1.54, 1.807) is 31.2 Å². The Bertz CT molecular complexity index is 599. The second-order valence-corrected chi connectivity index (χ2v) is 3.75.